The summed E-state index contributed by atoms with van der Waals surface area (Å²) in [6, 6.07) is 5.99. The number of hydrogen-bond donors (Lipinski definition) is 2. The maximum atomic E-state index is 12.5. The zero-order valence-corrected chi connectivity index (χ0v) is 18.5. The van der Waals surface area contributed by atoms with Crippen molar-refractivity contribution in [1.29, 1.82) is 0 Å². The smallest absolute Gasteiger partial charge is 0.275 e. The largest absolute Gasteiger partial charge is 0.325 e. The second kappa shape index (κ2) is 10.2. The van der Waals surface area contributed by atoms with E-state index in [0.717, 1.165) is 59.3 Å². The molecule has 156 valence electrons. The highest BCUT2D eigenvalue weighted by atomic mass is 35.5. The van der Waals surface area contributed by atoms with Gasteiger partial charge in [-0.1, -0.05) is 18.6 Å². The molecule has 3 heterocycles. The number of carbonyl (C=O) groups is 1. The summed E-state index contributed by atoms with van der Waals surface area (Å²) in [6.45, 7) is 3.24. The molecule has 0 atom stereocenters. The molecule has 4 rings (SSSR count). The number of nitrogens with two attached hydrogens (primary N) is 1. The van der Waals surface area contributed by atoms with E-state index in [-0.39, 0.29) is 30.7 Å². The third-order valence-corrected chi connectivity index (χ3v) is 5.68. The van der Waals surface area contributed by atoms with E-state index < -0.39 is 0 Å². The topological polar surface area (TPSA) is 98.7 Å². The van der Waals surface area contributed by atoms with E-state index >= 15 is 0 Å². The van der Waals surface area contributed by atoms with Crippen LogP contribution in [0, 0.1) is 6.92 Å². The van der Waals surface area contributed by atoms with E-state index in [9.17, 15) is 4.79 Å². The maximum Gasteiger partial charge on any atom is 0.275 e. The fourth-order valence-electron chi connectivity index (χ4n) is 3.29. The molecule has 1 aromatic carbocycles. The molecule has 3 N–H and O–H groups in total. The van der Waals surface area contributed by atoms with Gasteiger partial charge in [-0.3, -0.25) is 4.79 Å². The summed E-state index contributed by atoms with van der Waals surface area (Å²) in [5, 5.41) is 14.2. The summed E-state index contributed by atoms with van der Waals surface area (Å²) < 4.78 is 2.21. The number of aryl methyl sites for hydroxylation is 2. The third-order valence-electron chi connectivity index (χ3n) is 4.81. The molecule has 3 aromatic rings. The van der Waals surface area contributed by atoms with Gasteiger partial charge in [0, 0.05) is 36.1 Å². The van der Waals surface area contributed by atoms with E-state index in [1.165, 1.54) is 17.8 Å². The Morgan fingerprint density at radius 3 is 2.83 bits per heavy atom. The van der Waals surface area contributed by atoms with Crippen LogP contribution in [0.15, 0.2) is 23.6 Å². The zero-order valence-electron chi connectivity index (χ0n) is 16.1. The summed E-state index contributed by atoms with van der Waals surface area (Å²) in [7, 11) is 0. The lowest BCUT2D eigenvalue weighted by molar-refractivity contribution is 0.102. The second-order valence-corrected chi connectivity index (χ2v) is 7.66. The Labute approximate surface area is 186 Å². The highest BCUT2D eigenvalue weighted by Gasteiger charge is 2.18. The van der Waals surface area contributed by atoms with Crippen molar-refractivity contribution in [2.45, 2.75) is 45.7 Å². The Balaban J connectivity index is 0.00000150. The summed E-state index contributed by atoms with van der Waals surface area (Å²) >= 11 is 1.39. The Morgan fingerprint density at radius 2 is 2.07 bits per heavy atom. The van der Waals surface area contributed by atoms with Crippen LogP contribution in [-0.4, -0.2) is 25.7 Å². The van der Waals surface area contributed by atoms with E-state index in [4.69, 9.17) is 5.73 Å². The molecule has 0 unspecified atom stereocenters. The monoisotopic (exact) mass is 454 g/mol. The van der Waals surface area contributed by atoms with Gasteiger partial charge in [0.25, 0.3) is 5.91 Å². The molecule has 1 aliphatic heterocycles. The van der Waals surface area contributed by atoms with E-state index in [0.29, 0.717) is 12.2 Å². The minimum atomic E-state index is -0.230. The van der Waals surface area contributed by atoms with Crippen molar-refractivity contribution >= 4 is 47.7 Å². The number of aromatic nitrogens is 4. The van der Waals surface area contributed by atoms with Crippen molar-refractivity contribution in [3.8, 4) is 11.4 Å². The van der Waals surface area contributed by atoms with Gasteiger partial charge in [0.1, 0.15) is 16.5 Å². The van der Waals surface area contributed by atoms with Crippen molar-refractivity contribution in [2.24, 2.45) is 5.73 Å². The molecular weight excluding hydrogens is 431 g/mol. The Bertz CT molecular complexity index is 987. The third kappa shape index (κ3) is 4.95. The lowest BCUT2D eigenvalue weighted by Crippen LogP contribution is -2.14. The first-order chi connectivity index (χ1) is 13.2. The molecule has 0 fully saturated rings. The van der Waals surface area contributed by atoms with Gasteiger partial charge in [-0.05, 0) is 31.4 Å². The zero-order chi connectivity index (χ0) is 18.8. The minimum Gasteiger partial charge on any atom is -0.325 e. The Kier molecular flexibility index (Phi) is 8.15. The average Bonchev–Trinajstić information content (AvgIpc) is 3.25. The minimum absolute atomic E-state index is 0. The molecule has 0 bridgehead atoms. The number of halogens is 2. The summed E-state index contributed by atoms with van der Waals surface area (Å²) in [5.41, 5.74) is 8.67. The van der Waals surface area contributed by atoms with Crippen LogP contribution in [0.1, 0.15) is 46.1 Å². The van der Waals surface area contributed by atoms with Crippen molar-refractivity contribution in [1.82, 2.24) is 19.7 Å². The van der Waals surface area contributed by atoms with Gasteiger partial charge in [0.05, 0.1) is 0 Å². The van der Waals surface area contributed by atoms with Crippen LogP contribution in [0.4, 0.5) is 5.69 Å². The molecule has 0 saturated carbocycles. The van der Waals surface area contributed by atoms with Gasteiger partial charge in [0.15, 0.2) is 5.82 Å². The second-order valence-electron chi connectivity index (χ2n) is 6.72. The molecule has 1 amide bonds. The molecule has 10 heteroatoms. The fourth-order valence-corrected chi connectivity index (χ4v) is 3.94. The van der Waals surface area contributed by atoms with Gasteiger partial charge in [-0.25, -0.2) is 4.98 Å². The van der Waals surface area contributed by atoms with Gasteiger partial charge >= 0.3 is 0 Å². The number of hydrogen-bond acceptors (Lipinski definition) is 6. The van der Waals surface area contributed by atoms with Crippen LogP contribution in [0.5, 0.6) is 0 Å². The average molecular weight is 455 g/mol. The SMILES string of the molecule is Cc1ccc(-c2nnc3n2CCCCC3)cc1NC(=O)c1csc(CN)n1.Cl.Cl. The quantitative estimate of drug-likeness (QED) is 0.620. The maximum absolute atomic E-state index is 12.5. The van der Waals surface area contributed by atoms with Crippen LogP contribution in [-0.2, 0) is 19.5 Å². The number of nitrogens with one attached hydrogen (secondary N) is 1. The highest BCUT2D eigenvalue weighted by molar-refractivity contribution is 7.09. The first-order valence-corrected chi connectivity index (χ1v) is 10.0. The number of carbonyl (C=O) groups excluding carboxylic acids is 1. The Morgan fingerprint density at radius 1 is 1.24 bits per heavy atom. The predicted octanol–water partition coefficient (Wildman–Crippen LogP) is 3.99. The number of fused-ring (bicyclic) bond motifs is 1. The molecular formula is C19H24Cl2N6OS. The Hall–Kier alpha value is -2.00. The van der Waals surface area contributed by atoms with Gasteiger partial charge < -0.3 is 15.6 Å². The van der Waals surface area contributed by atoms with E-state index in [1.807, 2.05) is 25.1 Å². The molecule has 0 saturated heterocycles. The predicted molar refractivity (Wildman–Crippen MR) is 120 cm³/mol. The number of anilines is 1. The van der Waals surface area contributed by atoms with Crippen LogP contribution in [0.3, 0.4) is 0 Å². The summed E-state index contributed by atoms with van der Waals surface area (Å²) in [6.07, 6.45) is 4.48. The first kappa shape index (κ1) is 23.3. The lowest BCUT2D eigenvalue weighted by atomic mass is 10.1. The molecule has 7 nitrogen and oxygen atoms in total. The molecule has 0 spiro atoms. The van der Waals surface area contributed by atoms with Crippen molar-refractivity contribution in [3.63, 3.8) is 0 Å². The number of thiazole rings is 1. The molecule has 29 heavy (non-hydrogen) atoms. The number of nitrogens with zero attached hydrogens (tertiary/aromatic N) is 4. The summed E-state index contributed by atoms with van der Waals surface area (Å²) in [4.78, 5) is 16.8. The fraction of sp³-hybridized carbons (Fsp3) is 0.368. The highest BCUT2D eigenvalue weighted by Crippen LogP contribution is 2.27. The normalized spacial score (nSPS) is 12.9. The number of rotatable bonds is 4. The van der Waals surface area contributed by atoms with Crippen molar-refractivity contribution in [3.05, 3.63) is 45.7 Å². The lowest BCUT2D eigenvalue weighted by Gasteiger charge is -2.11. The summed E-state index contributed by atoms with van der Waals surface area (Å²) in [5.74, 6) is 1.68. The number of amides is 1. The first-order valence-electron chi connectivity index (χ1n) is 9.14. The number of benzene rings is 1. The van der Waals surface area contributed by atoms with Crippen molar-refractivity contribution in [2.75, 3.05) is 5.32 Å². The van der Waals surface area contributed by atoms with Gasteiger partial charge in [-0.2, -0.15) is 0 Å². The van der Waals surface area contributed by atoms with Crippen LogP contribution in [0.2, 0.25) is 0 Å². The van der Waals surface area contributed by atoms with Crippen LogP contribution >= 0.6 is 36.2 Å². The molecule has 0 aliphatic carbocycles. The van der Waals surface area contributed by atoms with E-state index in [1.54, 1.807) is 5.38 Å². The van der Waals surface area contributed by atoms with Gasteiger partial charge in [0.2, 0.25) is 0 Å². The molecule has 0 radical (unpaired) electrons. The van der Waals surface area contributed by atoms with Crippen LogP contribution in [0.25, 0.3) is 11.4 Å². The van der Waals surface area contributed by atoms with Gasteiger partial charge in [-0.15, -0.1) is 46.3 Å². The molecule has 1 aliphatic rings. The standard InChI is InChI=1S/C19H22N6OS.2ClH/c1-12-6-7-13(18-24-23-16-5-3-2-4-8-25(16)18)9-14(12)22-19(26)15-11-27-17(10-20)21-15;;/h6-7,9,11H,2-5,8,10,20H2,1H3,(H,22,26);2*1H. The van der Waals surface area contributed by atoms with Crippen molar-refractivity contribution < 1.29 is 4.79 Å². The van der Waals surface area contributed by atoms with Crippen LogP contribution < -0.4 is 11.1 Å². The molecule has 2 aromatic heterocycles. The van der Waals surface area contributed by atoms with E-state index in [2.05, 4.69) is 25.1 Å².